The molecule has 0 aliphatic carbocycles. The zero-order valence-corrected chi connectivity index (χ0v) is 32.4. The molecular weight excluding hydrogens is 822 g/mol. The minimum absolute atomic E-state index is 0.647. The minimum atomic E-state index is -2.91. The Balaban J connectivity index is 1.50. The minimum Gasteiger partial charge on any atom is -0.477 e. The summed E-state index contributed by atoms with van der Waals surface area (Å²) >= 11 is 0. The summed E-state index contributed by atoms with van der Waals surface area (Å²) < 4.78 is 39.1. The van der Waals surface area contributed by atoms with E-state index in [0.29, 0.717) is 0 Å². The lowest BCUT2D eigenvalue weighted by molar-refractivity contribution is -0.361. The van der Waals surface area contributed by atoms with Gasteiger partial charge in [0.05, 0.1) is 38.6 Å². The standard InChI is InChI=1S/C33H55N3O24/c1-9(39)34-17-12(42)4-33(32(52)53,60-28(17)20(44)13(43)5-37)55-8-16-22(46)25(49)26(50)31(58-16)59-27-14(6-38)57-30(19(24(27)48)36-11(3)41)54-7-15-21(45)23(47)18(29(51)56-15)35-10(2)40/h12-31,37-38,42-51H,4-8H2,1-3H3,(H,34,39)(H,35,40)(H,36,41)(H,52,53)/t12-,13+,14+,15+,16+,17+,18+,19+,20+,21-,22-,23+,24+,25-,26+,27+,28+,29-,30+,31-,33+/m0/s1. The van der Waals surface area contributed by atoms with Crippen LogP contribution in [0.25, 0.3) is 0 Å². The third kappa shape index (κ3) is 11.2. The molecule has 4 fully saturated rings. The molecule has 21 atom stereocenters. The number of aliphatic hydroxyl groups is 12. The van der Waals surface area contributed by atoms with Crippen LogP contribution in [-0.2, 0) is 52.3 Å². The van der Waals surface area contributed by atoms with Crippen molar-refractivity contribution in [3.63, 3.8) is 0 Å². The number of rotatable bonds is 16. The fourth-order valence-electron chi connectivity index (χ4n) is 7.25. The summed E-state index contributed by atoms with van der Waals surface area (Å²) in [6, 6.07) is -4.52. The maximum atomic E-state index is 12.6. The van der Waals surface area contributed by atoms with E-state index >= 15 is 0 Å². The molecule has 3 amide bonds. The van der Waals surface area contributed by atoms with E-state index in [1.165, 1.54) is 0 Å². The van der Waals surface area contributed by atoms with Crippen molar-refractivity contribution >= 4 is 23.7 Å². The van der Waals surface area contributed by atoms with Crippen LogP contribution in [0.15, 0.2) is 0 Å². The number of carbonyl (C=O) groups is 4. The first-order valence-corrected chi connectivity index (χ1v) is 18.7. The number of nitrogens with one attached hydrogen (secondary N) is 3. The fraction of sp³-hybridized carbons (Fsp3) is 0.879. The van der Waals surface area contributed by atoms with Gasteiger partial charge >= 0.3 is 5.97 Å². The number of aliphatic carboxylic acids is 1. The van der Waals surface area contributed by atoms with Crippen molar-refractivity contribution < 1.29 is 119 Å². The van der Waals surface area contributed by atoms with E-state index in [2.05, 4.69) is 16.0 Å². The van der Waals surface area contributed by atoms with Crippen LogP contribution in [0.4, 0.5) is 0 Å². The Morgan fingerprint density at radius 1 is 0.683 bits per heavy atom. The Hall–Kier alpha value is -2.88. The Bertz CT molecular complexity index is 1470. The van der Waals surface area contributed by atoms with Crippen LogP contribution in [0.5, 0.6) is 0 Å². The summed E-state index contributed by atoms with van der Waals surface area (Å²) in [5, 5.41) is 144. The average molecular weight is 878 g/mol. The maximum Gasteiger partial charge on any atom is 0.364 e. The Morgan fingerprint density at radius 3 is 1.80 bits per heavy atom. The number of amides is 3. The fourth-order valence-corrected chi connectivity index (χ4v) is 7.25. The number of carboxylic acid groups (broad SMARTS) is 1. The van der Waals surface area contributed by atoms with Crippen molar-refractivity contribution in [3.05, 3.63) is 0 Å². The summed E-state index contributed by atoms with van der Waals surface area (Å²) in [6.07, 6.45) is -32.7. The van der Waals surface area contributed by atoms with Gasteiger partial charge in [0, 0.05) is 27.2 Å². The van der Waals surface area contributed by atoms with Crippen LogP contribution in [0.1, 0.15) is 27.2 Å². The van der Waals surface area contributed by atoms with Gasteiger partial charge in [-0.1, -0.05) is 0 Å². The highest BCUT2D eigenvalue weighted by Crippen LogP contribution is 2.36. The molecule has 27 nitrogen and oxygen atoms in total. The lowest BCUT2D eigenvalue weighted by Gasteiger charge is -2.48. The predicted octanol–water partition coefficient (Wildman–Crippen LogP) is -10.1. The van der Waals surface area contributed by atoms with Crippen LogP contribution in [0.3, 0.4) is 0 Å². The van der Waals surface area contributed by atoms with Crippen LogP contribution in [-0.4, -0.2) is 245 Å². The smallest absolute Gasteiger partial charge is 0.364 e. The number of hydrogen-bond donors (Lipinski definition) is 16. The maximum absolute atomic E-state index is 12.6. The Labute approximate surface area is 340 Å². The van der Waals surface area contributed by atoms with Crippen LogP contribution in [0, 0.1) is 0 Å². The zero-order chi connectivity index (χ0) is 45.0. The van der Waals surface area contributed by atoms with E-state index < -0.39 is 185 Å². The molecule has 0 unspecified atom stereocenters. The third-order valence-corrected chi connectivity index (χ3v) is 10.4. The summed E-state index contributed by atoms with van der Waals surface area (Å²) in [6.45, 7) is -0.536. The molecule has 16 N–H and O–H groups in total. The first-order valence-electron chi connectivity index (χ1n) is 18.7. The lowest BCUT2D eigenvalue weighted by atomic mass is 9.88. The predicted molar refractivity (Wildman–Crippen MR) is 186 cm³/mol. The molecule has 0 saturated carbocycles. The highest BCUT2D eigenvalue weighted by atomic mass is 16.8. The number of aliphatic hydroxyl groups excluding tert-OH is 12. The highest BCUT2D eigenvalue weighted by molar-refractivity contribution is 5.76. The number of carbonyl (C=O) groups excluding carboxylic acids is 3. The number of ether oxygens (including phenoxy) is 7. The summed E-state index contributed by atoms with van der Waals surface area (Å²) in [4.78, 5) is 48.1. The molecule has 4 aliphatic heterocycles. The summed E-state index contributed by atoms with van der Waals surface area (Å²) in [5.41, 5.74) is 0. The number of hydrogen-bond acceptors (Lipinski definition) is 23. The zero-order valence-electron chi connectivity index (χ0n) is 32.4. The van der Waals surface area contributed by atoms with Crippen molar-refractivity contribution in [2.24, 2.45) is 0 Å². The molecular formula is C33H55N3O24. The molecule has 0 aromatic heterocycles. The van der Waals surface area contributed by atoms with E-state index in [-0.39, 0.29) is 0 Å². The van der Waals surface area contributed by atoms with Crippen LogP contribution < -0.4 is 16.0 Å². The van der Waals surface area contributed by atoms with Gasteiger partial charge in [0.1, 0.15) is 91.4 Å². The van der Waals surface area contributed by atoms with Crippen molar-refractivity contribution in [2.75, 3.05) is 26.4 Å². The Kier molecular flexibility index (Phi) is 17.4. The number of carboxylic acids is 1. The summed E-state index contributed by atoms with van der Waals surface area (Å²) in [5.74, 6) is -6.99. The lowest BCUT2D eigenvalue weighted by Crippen LogP contribution is -2.69. The van der Waals surface area contributed by atoms with Gasteiger partial charge < -0.3 is 115 Å². The van der Waals surface area contributed by atoms with Gasteiger partial charge in [-0.25, -0.2) is 4.79 Å². The van der Waals surface area contributed by atoms with Gasteiger partial charge in [-0.05, 0) is 0 Å². The monoisotopic (exact) mass is 877 g/mol. The molecule has 4 saturated heterocycles. The first-order chi connectivity index (χ1) is 28.1. The van der Waals surface area contributed by atoms with Gasteiger partial charge in [0.2, 0.25) is 17.7 Å². The van der Waals surface area contributed by atoms with Gasteiger partial charge in [0.25, 0.3) is 5.79 Å². The normalized spacial score (nSPS) is 43.3. The second kappa shape index (κ2) is 21.0. The molecule has 0 aromatic rings. The molecule has 0 spiro atoms. The van der Waals surface area contributed by atoms with E-state index in [0.717, 1.165) is 20.8 Å². The van der Waals surface area contributed by atoms with Gasteiger partial charge in [0.15, 0.2) is 18.9 Å². The molecule has 60 heavy (non-hydrogen) atoms. The van der Waals surface area contributed by atoms with Crippen molar-refractivity contribution in [1.82, 2.24) is 16.0 Å². The first kappa shape index (κ1) is 49.8. The molecule has 4 aliphatic rings. The highest BCUT2D eigenvalue weighted by Gasteiger charge is 2.58. The van der Waals surface area contributed by atoms with Crippen LogP contribution >= 0.6 is 0 Å². The molecule has 4 rings (SSSR count). The summed E-state index contributed by atoms with van der Waals surface area (Å²) in [7, 11) is 0. The van der Waals surface area contributed by atoms with Crippen molar-refractivity contribution in [2.45, 2.75) is 155 Å². The molecule has 346 valence electrons. The quantitative estimate of drug-likeness (QED) is 0.0684. The van der Waals surface area contributed by atoms with Gasteiger partial charge in [-0.15, -0.1) is 0 Å². The second-order valence-electron chi connectivity index (χ2n) is 14.9. The van der Waals surface area contributed by atoms with Gasteiger partial charge in [-0.3, -0.25) is 14.4 Å². The van der Waals surface area contributed by atoms with Crippen LogP contribution in [0.2, 0.25) is 0 Å². The molecule has 0 bridgehead atoms. The third-order valence-electron chi connectivity index (χ3n) is 10.4. The molecule has 4 heterocycles. The molecule has 0 radical (unpaired) electrons. The van der Waals surface area contributed by atoms with E-state index in [9.17, 15) is 85.6 Å². The Morgan fingerprint density at radius 2 is 1.23 bits per heavy atom. The SMILES string of the molecule is CC(=O)N[C@@H]1[C@@H](O)[C@@H](O)[C@@H](CO[C@@H]2O[C@H](CO)[C@@H](O[C@@H]3O[C@H](CO[C@]4(C(=O)O)C[C@H](O)[C@@H](NC(C)=O)[C@H]([C@H](O)[C@H](O)CO)O4)[C@H](O)[C@H](O)[C@H]3O)[C@H](O)[C@H]2NC(C)=O)O[C@@H]1O. The van der Waals surface area contributed by atoms with E-state index in [1.807, 2.05) is 0 Å². The molecule has 27 heteroatoms. The van der Waals surface area contributed by atoms with Gasteiger partial charge in [-0.2, -0.15) is 0 Å². The van der Waals surface area contributed by atoms with E-state index in [1.54, 1.807) is 0 Å². The van der Waals surface area contributed by atoms with E-state index in [4.69, 9.17) is 33.2 Å². The topological polar surface area (TPSA) is 432 Å². The largest absolute Gasteiger partial charge is 0.477 e. The van der Waals surface area contributed by atoms with Crippen molar-refractivity contribution in [3.8, 4) is 0 Å². The van der Waals surface area contributed by atoms with Crippen molar-refractivity contribution in [1.29, 1.82) is 0 Å². The average Bonchev–Trinajstić information content (AvgIpc) is 3.18. The molecule has 0 aromatic carbocycles. The second-order valence-corrected chi connectivity index (χ2v) is 14.9.